The van der Waals surface area contributed by atoms with Gasteiger partial charge >= 0.3 is 0 Å². The van der Waals surface area contributed by atoms with Crippen LogP contribution in [0.25, 0.3) is 0 Å². The molecule has 2 rings (SSSR count). The number of hydrogen-bond acceptors (Lipinski definition) is 1. The first-order chi connectivity index (χ1) is 13.8. The second-order valence-corrected chi connectivity index (χ2v) is 7.91. The number of carbonyl (C=O) groups excluding carboxylic acids is 1. The zero-order valence-corrected chi connectivity index (χ0v) is 18.8. The van der Waals surface area contributed by atoms with E-state index in [1.54, 1.807) is 0 Å². The van der Waals surface area contributed by atoms with E-state index in [9.17, 15) is 4.79 Å². The summed E-state index contributed by atoms with van der Waals surface area (Å²) in [6.07, 6.45) is 11.2. The van der Waals surface area contributed by atoms with Crippen molar-refractivity contribution in [1.82, 2.24) is 5.32 Å². The van der Waals surface area contributed by atoms with E-state index in [-0.39, 0.29) is 18.3 Å². The van der Waals surface area contributed by atoms with Crippen molar-refractivity contribution in [1.29, 1.82) is 0 Å². The highest BCUT2D eigenvalue weighted by Crippen LogP contribution is 2.21. The molecule has 0 aliphatic heterocycles. The molecule has 0 saturated heterocycles. The van der Waals surface area contributed by atoms with E-state index in [4.69, 9.17) is 0 Å². The number of unbranched alkanes of at least 4 members (excludes halogenated alkanes) is 5. The number of benzene rings is 2. The van der Waals surface area contributed by atoms with Crippen molar-refractivity contribution in [3.05, 3.63) is 71.8 Å². The van der Waals surface area contributed by atoms with Crippen LogP contribution in [0.15, 0.2) is 60.7 Å². The summed E-state index contributed by atoms with van der Waals surface area (Å²) >= 11 is 0. The largest absolute Gasteiger partial charge is 0.356 e. The van der Waals surface area contributed by atoms with E-state index in [0.717, 1.165) is 32.2 Å². The lowest BCUT2D eigenvalue weighted by atomic mass is 9.95. The van der Waals surface area contributed by atoms with Crippen LogP contribution in [0.2, 0.25) is 0 Å². The van der Waals surface area contributed by atoms with Gasteiger partial charge < -0.3 is 5.32 Å². The van der Waals surface area contributed by atoms with Crippen LogP contribution in [0, 0.1) is 0 Å². The number of hydrogen-bond donors (Lipinski definition) is 1. The van der Waals surface area contributed by atoms with Crippen LogP contribution >= 0.6 is 12.4 Å². The monoisotopic (exact) mass is 415 g/mol. The number of carbonyl (C=O) groups is 1. The van der Waals surface area contributed by atoms with Gasteiger partial charge in [0.15, 0.2) is 0 Å². The molecule has 29 heavy (non-hydrogen) atoms. The minimum Gasteiger partial charge on any atom is -0.356 e. The van der Waals surface area contributed by atoms with Gasteiger partial charge in [0.2, 0.25) is 5.91 Å². The topological polar surface area (TPSA) is 29.1 Å². The third-order valence-electron chi connectivity index (χ3n) is 5.47. The zero-order valence-electron chi connectivity index (χ0n) is 17.9. The molecule has 160 valence electrons. The fourth-order valence-corrected chi connectivity index (χ4v) is 3.63. The number of nitrogens with one attached hydrogen (secondary N) is 1. The highest BCUT2D eigenvalue weighted by molar-refractivity contribution is 5.85. The lowest BCUT2D eigenvalue weighted by Gasteiger charge is -2.11. The molecule has 2 nitrogen and oxygen atoms in total. The molecular formula is C26H38ClNO. The molecule has 0 bridgehead atoms. The number of rotatable bonds is 14. The van der Waals surface area contributed by atoms with Crippen LogP contribution in [0.4, 0.5) is 0 Å². The molecule has 1 atom stereocenters. The summed E-state index contributed by atoms with van der Waals surface area (Å²) in [6, 6.07) is 21.4. The first-order valence-corrected chi connectivity index (χ1v) is 11.1. The van der Waals surface area contributed by atoms with Gasteiger partial charge in [-0.2, -0.15) is 0 Å². The lowest BCUT2D eigenvalue weighted by Crippen LogP contribution is -2.23. The fraction of sp³-hybridized carbons (Fsp3) is 0.500. The maximum absolute atomic E-state index is 11.9. The number of amides is 1. The molecule has 0 fully saturated rings. The van der Waals surface area contributed by atoms with Crippen LogP contribution in [-0.4, -0.2) is 12.5 Å². The second-order valence-electron chi connectivity index (χ2n) is 7.91. The summed E-state index contributed by atoms with van der Waals surface area (Å²) in [5, 5.41) is 3.08. The van der Waals surface area contributed by atoms with Gasteiger partial charge in [-0.25, -0.2) is 0 Å². The van der Waals surface area contributed by atoms with E-state index in [1.165, 1.54) is 43.2 Å². The lowest BCUT2D eigenvalue weighted by molar-refractivity contribution is -0.121. The molecule has 0 radical (unpaired) electrons. The SMILES string of the molecule is CC(CCCCC(=O)NCCCCCCCc1ccccc1)c1ccccc1.Cl. The Hall–Kier alpha value is -1.80. The molecule has 1 unspecified atom stereocenters. The summed E-state index contributed by atoms with van der Waals surface area (Å²) < 4.78 is 0. The van der Waals surface area contributed by atoms with E-state index >= 15 is 0 Å². The summed E-state index contributed by atoms with van der Waals surface area (Å²) in [4.78, 5) is 11.9. The van der Waals surface area contributed by atoms with Crippen molar-refractivity contribution >= 4 is 18.3 Å². The van der Waals surface area contributed by atoms with E-state index in [2.05, 4.69) is 72.9 Å². The first-order valence-electron chi connectivity index (χ1n) is 11.1. The quantitative estimate of drug-likeness (QED) is 0.328. The zero-order chi connectivity index (χ0) is 19.9. The minimum atomic E-state index is 0. The van der Waals surface area contributed by atoms with Gasteiger partial charge in [0, 0.05) is 13.0 Å². The second kappa shape index (κ2) is 16.0. The number of halogens is 1. The van der Waals surface area contributed by atoms with Gasteiger partial charge in [-0.1, -0.05) is 93.3 Å². The minimum absolute atomic E-state index is 0. The smallest absolute Gasteiger partial charge is 0.219 e. The van der Waals surface area contributed by atoms with Crippen molar-refractivity contribution in [3.8, 4) is 0 Å². The molecule has 2 aromatic rings. The maximum atomic E-state index is 11.9. The van der Waals surface area contributed by atoms with Crippen LogP contribution < -0.4 is 5.32 Å². The van der Waals surface area contributed by atoms with Crippen molar-refractivity contribution < 1.29 is 4.79 Å². The Kier molecular flexibility index (Phi) is 14.0. The van der Waals surface area contributed by atoms with Crippen molar-refractivity contribution in [2.45, 2.75) is 77.0 Å². The van der Waals surface area contributed by atoms with Gasteiger partial charge in [-0.05, 0) is 49.1 Å². The van der Waals surface area contributed by atoms with Crippen molar-refractivity contribution in [2.24, 2.45) is 0 Å². The van der Waals surface area contributed by atoms with Crippen molar-refractivity contribution in [3.63, 3.8) is 0 Å². The highest BCUT2D eigenvalue weighted by Gasteiger charge is 2.06. The van der Waals surface area contributed by atoms with Crippen LogP contribution in [0.1, 0.15) is 81.8 Å². The average molecular weight is 416 g/mol. The third kappa shape index (κ3) is 11.7. The van der Waals surface area contributed by atoms with Gasteiger partial charge in [-0.3, -0.25) is 4.79 Å². The Labute approximate surface area is 183 Å². The first kappa shape index (κ1) is 25.2. The number of aryl methyl sites for hydroxylation is 1. The molecule has 0 heterocycles. The molecule has 0 aliphatic carbocycles. The highest BCUT2D eigenvalue weighted by atomic mass is 35.5. The molecule has 0 aromatic heterocycles. The average Bonchev–Trinajstić information content (AvgIpc) is 2.74. The van der Waals surface area contributed by atoms with Crippen LogP contribution in [0.5, 0.6) is 0 Å². The summed E-state index contributed by atoms with van der Waals surface area (Å²) in [6.45, 7) is 3.10. The Morgan fingerprint density at radius 1 is 0.793 bits per heavy atom. The van der Waals surface area contributed by atoms with Crippen LogP contribution in [-0.2, 0) is 11.2 Å². The normalized spacial score (nSPS) is 11.5. The van der Waals surface area contributed by atoms with E-state index < -0.39 is 0 Å². The van der Waals surface area contributed by atoms with Crippen molar-refractivity contribution in [2.75, 3.05) is 6.54 Å². The predicted octanol–water partition coefficient (Wildman–Crippen LogP) is 7.08. The van der Waals surface area contributed by atoms with Gasteiger partial charge in [0.25, 0.3) is 0 Å². The summed E-state index contributed by atoms with van der Waals surface area (Å²) in [7, 11) is 0. The van der Waals surface area contributed by atoms with Gasteiger partial charge in [0.05, 0.1) is 0 Å². The molecule has 1 amide bonds. The molecule has 3 heteroatoms. The fourth-order valence-electron chi connectivity index (χ4n) is 3.63. The third-order valence-corrected chi connectivity index (χ3v) is 5.47. The molecular weight excluding hydrogens is 378 g/mol. The van der Waals surface area contributed by atoms with Gasteiger partial charge in [-0.15, -0.1) is 12.4 Å². The Morgan fingerprint density at radius 3 is 2.14 bits per heavy atom. The summed E-state index contributed by atoms with van der Waals surface area (Å²) in [5.74, 6) is 0.794. The van der Waals surface area contributed by atoms with E-state index in [1.807, 2.05) is 0 Å². The predicted molar refractivity (Wildman–Crippen MR) is 127 cm³/mol. The maximum Gasteiger partial charge on any atom is 0.219 e. The Bertz CT molecular complexity index is 644. The van der Waals surface area contributed by atoms with Crippen LogP contribution in [0.3, 0.4) is 0 Å². The molecule has 1 N–H and O–H groups in total. The standard InChI is InChI=1S/C26H37NO.ClH/c1-23(25-19-10-6-11-20-25)15-12-13-21-26(28)27-22-14-4-2-3-7-16-24-17-8-5-9-18-24;/h5-6,8-11,17-20,23H,2-4,7,12-16,21-22H2,1H3,(H,27,28);1H. The Balaban J connectivity index is 0.00000420. The van der Waals surface area contributed by atoms with E-state index in [0.29, 0.717) is 12.3 Å². The van der Waals surface area contributed by atoms with Gasteiger partial charge in [0.1, 0.15) is 0 Å². The molecule has 2 aromatic carbocycles. The molecule has 0 saturated carbocycles. The Morgan fingerprint density at radius 2 is 1.41 bits per heavy atom. The molecule has 0 spiro atoms. The summed E-state index contributed by atoms with van der Waals surface area (Å²) in [5.41, 5.74) is 2.84. The molecule has 0 aliphatic rings.